The number of piperazine rings is 1. The number of fused-ring (bicyclic) bond motifs is 5. The third-order valence-corrected chi connectivity index (χ3v) is 10.5. The van der Waals surface area contributed by atoms with Crippen molar-refractivity contribution >= 4 is 22.8 Å². The standard InChI is InChI=1S/C34H40FN5O2/c1-2-21-5-3-6-22-11-27(41)12-23(32(21)22)13-30-28-14-31(42-20-34-9-4-10-40(34)17-24(35)15-34)38-33(29(28)16-36-30)39-18-25-7-8-26(19-39)37-25/h3,5-6,11-12,14,16,24-26,30,37,41H,2,4,7-10,13,15,17-20H2,1H3/t24-,25?,26?,30?,34+/m1/s1. The molecule has 220 valence electrons. The SMILES string of the molecule is CCc1cccc2cc(O)cc(CC3N=Cc4c3cc(OC[C@@]35CCCN3C[C@H](F)C5)nc4N3CC4CCC(C3)N4)c12. The van der Waals surface area contributed by atoms with Crippen molar-refractivity contribution in [2.45, 2.75) is 81.7 Å². The molecule has 4 saturated heterocycles. The minimum absolute atomic E-state index is 0.0958. The molecule has 5 aliphatic rings. The summed E-state index contributed by atoms with van der Waals surface area (Å²) in [4.78, 5) is 14.9. The van der Waals surface area contributed by atoms with E-state index in [-0.39, 0.29) is 17.3 Å². The van der Waals surface area contributed by atoms with Gasteiger partial charge in [0.1, 0.15) is 24.3 Å². The van der Waals surface area contributed by atoms with E-state index in [2.05, 4.69) is 46.3 Å². The molecule has 2 N–H and O–H groups in total. The molecule has 0 aliphatic carbocycles. The Hall–Kier alpha value is -3.23. The van der Waals surface area contributed by atoms with Crippen molar-refractivity contribution in [2.24, 2.45) is 4.99 Å². The Morgan fingerprint density at radius 2 is 1.98 bits per heavy atom. The fourth-order valence-corrected chi connectivity index (χ4v) is 8.54. The van der Waals surface area contributed by atoms with Crippen LogP contribution in [-0.2, 0) is 12.8 Å². The summed E-state index contributed by atoms with van der Waals surface area (Å²) in [5.41, 5.74) is 4.38. The lowest BCUT2D eigenvalue weighted by Gasteiger charge is -2.35. The lowest BCUT2D eigenvalue weighted by molar-refractivity contribution is 0.110. The zero-order valence-electron chi connectivity index (χ0n) is 24.4. The number of halogens is 1. The highest BCUT2D eigenvalue weighted by molar-refractivity contribution is 5.93. The molecule has 0 radical (unpaired) electrons. The van der Waals surface area contributed by atoms with Gasteiger partial charge in [-0.1, -0.05) is 25.1 Å². The molecule has 2 aromatic carbocycles. The van der Waals surface area contributed by atoms with Gasteiger partial charge in [-0.15, -0.1) is 0 Å². The highest BCUT2D eigenvalue weighted by Gasteiger charge is 2.49. The topological polar surface area (TPSA) is 73.2 Å². The zero-order valence-corrected chi connectivity index (χ0v) is 24.4. The molecule has 8 rings (SSSR count). The second-order valence-corrected chi connectivity index (χ2v) is 13.2. The van der Waals surface area contributed by atoms with Crippen molar-refractivity contribution < 1.29 is 14.2 Å². The largest absolute Gasteiger partial charge is 0.508 e. The van der Waals surface area contributed by atoms with E-state index in [9.17, 15) is 9.50 Å². The van der Waals surface area contributed by atoms with E-state index < -0.39 is 6.17 Å². The monoisotopic (exact) mass is 569 g/mol. The van der Waals surface area contributed by atoms with Gasteiger partial charge in [-0.2, -0.15) is 4.98 Å². The van der Waals surface area contributed by atoms with E-state index in [0.29, 0.717) is 44.0 Å². The number of nitrogens with zero attached hydrogens (tertiary/aromatic N) is 4. The van der Waals surface area contributed by atoms with Gasteiger partial charge in [-0.25, -0.2) is 4.39 Å². The van der Waals surface area contributed by atoms with Crippen LogP contribution < -0.4 is 15.0 Å². The predicted octanol–water partition coefficient (Wildman–Crippen LogP) is 5.11. The molecular formula is C34H40FN5O2. The Balaban J connectivity index is 1.15. The minimum Gasteiger partial charge on any atom is -0.508 e. The van der Waals surface area contributed by atoms with Crippen LogP contribution in [0.15, 0.2) is 41.4 Å². The van der Waals surface area contributed by atoms with Gasteiger partial charge in [0.25, 0.3) is 0 Å². The highest BCUT2D eigenvalue weighted by Crippen LogP contribution is 2.43. The second-order valence-electron chi connectivity index (χ2n) is 13.2. The van der Waals surface area contributed by atoms with Crippen LogP contribution in [0.25, 0.3) is 10.8 Å². The first-order chi connectivity index (χ1) is 20.5. The number of nitrogens with one attached hydrogen (secondary N) is 1. The van der Waals surface area contributed by atoms with Crippen molar-refractivity contribution in [3.8, 4) is 11.6 Å². The summed E-state index contributed by atoms with van der Waals surface area (Å²) in [7, 11) is 0. The molecule has 42 heavy (non-hydrogen) atoms. The van der Waals surface area contributed by atoms with Crippen LogP contribution in [0, 0.1) is 0 Å². The molecule has 7 nitrogen and oxygen atoms in total. The summed E-state index contributed by atoms with van der Waals surface area (Å²) in [5.74, 6) is 1.85. The Morgan fingerprint density at radius 1 is 1.12 bits per heavy atom. The molecule has 5 atom stereocenters. The van der Waals surface area contributed by atoms with Crippen LogP contribution in [0.5, 0.6) is 11.6 Å². The van der Waals surface area contributed by atoms with Gasteiger partial charge < -0.3 is 20.1 Å². The van der Waals surface area contributed by atoms with Crippen molar-refractivity contribution in [2.75, 3.05) is 37.7 Å². The summed E-state index contributed by atoms with van der Waals surface area (Å²) in [5, 5.41) is 16.6. The lowest BCUT2D eigenvalue weighted by atomic mass is 9.91. The average Bonchev–Trinajstić information content (AvgIpc) is 3.73. The van der Waals surface area contributed by atoms with Gasteiger partial charge in [-0.05, 0) is 84.7 Å². The number of ether oxygens (including phenoxy) is 1. The fraction of sp³-hybridized carbons (Fsp3) is 0.529. The quantitative estimate of drug-likeness (QED) is 0.412. The molecule has 3 unspecified atom stereocenters. The molecule has 2 bridgehead atoms. The van der Waals surface area contributed by atoms with Crippen LogP contribution in [-0.4, -0.2) is 77.8 Å². The fourth-order valence-electron chi connectivity index (χ4n) is 8.54. The van der Waals surface area contributed by atoms with Gasteiger partial charge >= 0.3 is 0 Å². The first-order valence-corrected chi connectivity index (χ1v) is 15.8. The van der Waals surface area contributed by atoms with Crippen LogP contribution >= 0.6 is 0 Å². The number of phenols is 1. The maximum Gasteiger partial charge on any atom is 0.215 e. The maximum atomic E-state index is 14.5. The van der Waals surface area contributed by atoms with Gasteiger partial charge in [0.2, 0.25) is 5.88 Å². The normalized spacial score (nSPS) is 29.9. The molecule has 0 amide bonds. The molecule has 0 saturated carbocycles. The van der Waals surface area contributed by atoms with Gasteiger partial charge in [0.15, 0.2) is 0 Å². The number of aromatic hydroxyl groups is 1. The Morgan fingerprint density at radius 3 is 2.81 bits per heavy atom. The summed E-state index contributed by atoms with van der Waals surface area (Å²) in [6, 6.07) is 13.0. The molecule has 5 aliphatic heterocycles. The number of hydrogen-bond acceptors (Lipinski definition) is 7. The van der Waals surface area contributed by atoms with E-state index in [1.54, 1.807) is 0 Å². The first kappa shape index (κ1) is 26.4. The number of hydrogen-bond donors (Lipinski definition) is 2. The van der Waals surface area contributed by atoms with Crippen LogP contribution in [0.4, 0.5) is 10.2 Å². The van der Waals surface area contributed by atoms with E-state index in [1.165, 1.54) is 23.8 Å². The number of aliphatic imine (C=N–C) groups is 1. The Labute approximate surface area is 246 Å². The third kappa shape index (κ3) is 4.45. The minimum atomic E-state index is -0.781. The molecule has 0 spiro atoms. The number of aromatic nitrogens is 1. The van der Waals surface area contributed by atoms with Crippen LogP contribution in [0.2, 0.25) is 0 Å². The van der Waals surface area contributed by atoms with E-state index >= 15 is 0 Å². The Bertz CT molecular complexity index is 1550. The molecule has 1 aromatic heterocycles. The number of benzene rings is 2. The smallest absolute Gasteiger partial charge is 0.215 e. The second kappa shape index (κ2) is 10.2. The molecule has 4 fully saturated rings. The number of aryl methyl sites for hydroxylation is 1. The predicted molar refractivity (Wildman–Crippen MR) is 164 cm³/mol. The number of pyridine rings is 1. The van der Waals surface area contributed by atoms with E-state index in [4.69, 9.17) is 14.7 Å². The van der Waals surface area contributed by atoms with Crippen molar-refractivity contribution in [1.29, 1.82) is 0 Å². The number of rotatable bonds is 7. The lowest BCUT2D eigenvalue weighted by Crippen LogP contribution is -2.51. The van der Waals surface area contributed by atoms with Crippen LogP contribution in [0.3, 0.4) is 0 Å². The first-order valence-electron chi connectivity index (χ1n) is 15.8. The van der Waals surface area contributed by atoms with E-state index in [1.807, 2.05) is 18.3 Å². The maximum absolute atomic E-state index is 14.5. The number of anilines is 1. The average molecular weight is 570 g/mol. The van der Waals surface area contributed by atoms with Gasteiger partial charge in [-0.3, -0.25) is 9.89 Å². The number of alkyl halides is 1. The summed E-state index contributed by atoms with van der Waals surface area (Å²) >= 11 is 0. The molecular weight excluding hydrogens is 529 g/mol. The highest BCUT2D eigenvalue weighted by atomic mass is 19.1. The summed E-state index contributed by atoms with van der Waals surface area (Å²) in [6.45, 7) is 5.96. The van der Waals surface area contributed by atoms with Crippen LogP contribution in [0.1, 0.15) is 67.3 Å². The van der Waals surface area contributed by atoms with Crippen molar-refractivity contribution in [3.05, 3.63) is 58.7 Å². The zero-order chi connectivity index (χ0) is 28.4. The molecule has 6 heterocycles. The van der Waals surface area contributed by atoms with Crippen molar-refractivity contribution in [1.82, 2.24) is 15.2 Å². The number of phenolic OH excluding ortho intramolecular Hbond substituents is 1. The molecule has 3 aromatic rings. The molecule has 8 heteroatoms. The van der Waals surface area contributed by atoms with Gasteiger partial charge in [0, 0.05) is 56.0 Å². The van der Waals surface area contributed by atoms with Gasteiger partial charge in [0.05, 0.1) is 11.6 Å². The van der Waals surface area contributed by atoms with Crippen molar-refractivity contribution in [3.63, 3.8) is 0 Å². The third-order valence-electron chi connectivity index (χ3n) is 10.5. The summed E-state index contributed by atoms with van der Waals surface area (Å²) < 4.78 is 21.0. The summed E-state index contributed by atoms with van der Waals surface area (Å²) in [6.07, 6.45) is 7.84. The van der Waals surface area contributed by atoms with E-state index in [0.717, 1.165) is 66.8 Å². The Kier molecular flexibility index (Phi) is 6.41.